The Bertz CT molecular complexity index is 675. The molecule has 0 atom stereocenters. The van der Waals surface area contributed by atoms with Crippen molar-refractivity contribution in [2.45, 2.75) is 6.54 Å². The SMILES string of the molecule is N#Cc1cc(Cl)ccc1NCc1ccc(C(=O)O)cc1. The van der Waals surface area contributed by atoms with Crippen LogP contribution in [0.4, 0.5) is 5.69 Å². The van der Waals surface area contributed by atoms with Crippen molar-refractivity contribution < 1.29 is 9.90 Å². The van der Waals surface area contributed by atoms with Gasteiger partial charge in [-0.25, -0.2) is 4.79 Å². The molecular weight excluding hydrogens is 276 g/mol. The van der Waals surface area contributed by atoms with Crippen LogP contribution in [0, 0.1) is 11.3 Å². The van der Waals surface area contributed by atoms with Gasteiger partial charge in [0.2, 0.25) is 0 Å². The molecule has 2 aromatic carbocycles. The zero-order valence-electron chi connectivity index (χ0n) is 10.4. The summed E-state index contributed by atoms with van der Waals surface area (Å²) in [6.07, 6.45) is 0. The number of nitriles is 1. The monoisotopic (exact) mass is 286 g/mol. The van der Waals surface area contributed by atoms with E-state index in [1.165, 1.54) is 0 Å². The van der Waals surface area contributed by atoms with Crippen LogP contribution in [-0.4, -0.2) is 11.1 Å². The van der Waals surface area contributed by atoms with Crippen molar-refractivity contribution in [1.82, 2.24) is 0 Å². The first-order chi connectivity index (χ1) is 9.60. The zero-order valence-corrected chi connectivity index (χ0v) is 11.2. The zero-order chi connectivity index (χ0) is 14.5. The van der Waals surface area contributed by atoms with Gasteiger partial charge < -0.3 is 10.4 Å². The Balaban J connectivity index is 2.09. The number of halogens is 1. The number of hydrogen-bond acceptors (Lipinski definition) is 3. The lowest BCUT2D eigenvalue weighted by atomic mass is 10.1. The van der Waals surface area contributed by atoms with Gasteiger partial charge in [-0.3, -0.25) is 0 Å². The van der Waals surface area contributed by atoms with Crippen LogP contribution in [0.15, 0.2) is 42.5 Å². The first-order valence-corrected chi connectivity index (χ1v) is 6.23. The number of aromatic carboxylic acids is 1. The minimum atomic E-state index is -0.950. The summed E-state index contributed by atoms with van der Waals surface area (Å²) in [5.41, 5.74) is 2.34. The molecule has 0 saturated carbocycles. The van der Waals surface area contributed by atoms with E-state index < -0.39 is 5.97 Å². The minimum absolute atomic E-state index is 0.248. The molecule has 0 heterocycles. The van der Waals surface area contributed by atoms with Crippen molar-refractivity contribution in [3.05, 3.63) is 64.2 Å². The fraction of sp³-hybridized carbons (Fsp3) is 0.0667. The van der Waals surface area contributed by atoms with Crippen molar-refractivity contribution in [3.8, 4) is 6.07 Å². The summed E-state index contributed by atoms with van der Waals surface area (Å²) in [6.45, 7) is 0.496. The fourth-order valence-electron chi connectivity index (χ4n) is 1.73. The van der Waals surface area contributed by atoms with E-state index in [4.69, 9.17) is 22.0 Å². The Morgan fingerprint density at radius 1 is 1.25 bits per heavy atom. The van der Waals surface area contributed by atoms with Crippen molar-refractivity contribution in [2.75, 3.05) is 5.32 Å². The molecule has 0 spiro atoms. The maximum atomic E-state index is 10.7. The standard InChI is InChI=1S/C15H11ClN2O2/c16-13-5-6-14(12(7-13)8-17)18-9-10-1-3-11(4-2-10)15(19)20/h1-7,18H,9H2,(H,19,20). The average Bonchev–Trinajstić information content (AvgIpc) is 2.46. The van der Waals surface area contributed by atoms with Gasteiger partial charge in [-0.1, -0.05) is 23.7 Å². The normalized spacial score (nSPS) is 9.80. The smallest absolute Gasteiger partial charge is 0.335 e. The van der Waals surface area contributed by atoms with Gasteiger partial charge in [0.1, 0.15) is 6.07 Å². The molecule has 0 aromatic heterocycles. The number of nitrogens with zero attached hydrogens (tertiary/aromatic N) is 1. The van der Waals surface area contributed by atoms with Crippen molar-refractivity contribution in [3.63, 3.8) is 0 Å². The van der Waals surface area contributed by atoms with Crippen LogP contribution in [0.2, 0.25) is 5.02 Å². The summed E-state index contributed by atoms with van der Waals surface area (Å²) in [5.74, 6) is -0.950. The van der Waals surface area contributed by atoms with Gasteiger partial charge in [0.15, 0.2) is 0 Å². The topological polar surface area (TPSA) is 73.1 Å². The van der Waals surface area contributed by atoms with Crippen LogP contribution in [-0.2, 0) is 6.54 Å². The number of hydrogen-bond donors (Lipinski definition) is 2. The molecule has 0 fully saturated rings. The molecule has 0 aliphatic heterocycles. The molecule has 0 aliphatic carbocycles. The van der Waals surface area contributed by atoms with E-state index in [-0.39, 0.29) is 5.56 Å². The maximum absolute atomic E-state index is 10.7. The maximum Gasteiger partial charge on any atom is 0.335 e. The predicted molar refractivity (Wildman–Crippen MR) is 76.9 cm³/mol. The predicted octanol–water partition coefficient (Wildman–Crippen LogP) is 3.52. The molecule has 2 rings (SSSR count). The van der Waals surface area contributed by atoms with E-state index in [2.05, 4.69) is 11.4 Å². The molecule has 0 amide bonds. The van der Waals surface area contributed by atoms with Crippen LogP contribution in [0.5, 0.6) is 0 Å². The Morgan fingerprint density at radius 3 is 2.55 bits per heavy atom. The van der Waals surface area contributed by atoms with Crippen molar-refractivity contribution in [1.29, 1.82) is 5.26 Å². The Morgan fingerprint density at radius 2 is 1.95 bits per heavy atom. The fourth-order valence-corrected chi connectivity index (χ4v) is 1.90. The van der Waals surface area contributed by atoms with Gasteiger partial charge in [-0.2, -0.15) is 5.26 Å². The van der Waals surface area contributed by atoms with Gasteiger partial charge in [0.25, 0.3) is 0 Å². The van der Waals surface area contributed by atoms with E-state index in [1.807, 2.05) is 0 Å². The van der Waals surface area contributed by atoms with Crippen molar-refractivity contribution in [2.24, 2.45) is 0 Å². The largest absolute Gasteiger partial charge is 0.478 e. The number of carboxylic acids is 1. The van der Waals surface area contributed by atoms with Gasteiger partial charge >= 0.3 is 5.97 Å². The number of carbonyl (C=O) groups is 1. The highest BCUT2D eigenvalue weighted by Gasteiger charge is 2.04. The highest BCUT2D eigenvalue weighted by molar-refractivity contribution is 6.30. The molecule has 0 aliphatic rings. The highest BCUT2D eigenvalue weighted by atomic mass is 35.5. The molecule has 2 N–H and O–H groups in total. The lowest BCUT2D eigenvalue weighted by molar-refractivity contribution is 0.0697. The summed E-state index contributed by atoms with van der Waals surface area (Å²) >= 11 is 5.83. The Labute approximate surface area is 121 Å². The second-order valence-corrected chi connectivity index (χ2v) is 4.59. The molecule has 0 bridgehead atoms. The highest BCUT2D eigenvalue weighted by Crippen LogP contribution is 2.20. The van der Waals surface area contributed by atoms with Crippen LogP contribution >= 0.6 is 11.6 Å². The summed E-state index contributed by atoms with van der Waals surface area (Å²) in [7, 11) is 0. The number of benzene rings is 2. The number of rotatable bonds is 4. The number of anilines is 1. The molecule has 2 aromatic rings. The van der Waals surface area contributed by atoms with Gasteiger partial charge in [-0.15, -0.1) is 0 Å². The van der Waals surface area contributed by atoms with E-state index >= 15 is 0 Å². The molecule has 0 saturated heterocycles. The third kappa shape index (κ3) is 3.28. The summed E-state index contributed by atoms with van der Waals surface area (Å²) < 4.78 is 0. The van der Waals surface area contributed by atoms with Gasteiger partial charge in [0.05, 0.1) is 16.8 Å². The third-order valence-corrected chi connectivity index (χ3v) is 3.02. The van der Waals surface area contributed by atoms with E-state index in [0.29, 0.717) is 22.8 Å². The van der Waals surface area contributed by atoms with Gasteiger partial charge in [0, 0.05) is 11.6 Å². The van der Waals surface area contributed by atoms with Gasteiger partial charge in [-0.05, 0) is 35.9 Å². The quantitative estimate of drug-likeness (QED) is 0.902. The van der Waals surface area contributed by atoms with E-state index in [9.17, 15) is 4.79 Å². The lowest BCUT2D eigenvalue weighted by Gasteiger charge is -2.08. The molecule has 20 heavy (non-hydrogen) atoms. The molecule has 0 unspecified atom stereocenters. The second-order valence-electron chi connectivity index (χ2n) is 4.16. The number of carboxylic acid groups (broad SMARTS) is 1. The molecule has 100 valence electrons. The lowest BCUT2D eigenvalue weighted by Crippen LogP contribution is -2.02. The Hall–Kier alpha value is -2.51. The summed E-state index contributed by atoms with van der Waals surface area (Å²) in [6, 6.07) is 13.7. The van der Waals surface area contributed by atoms with E-state index in [0.717, 1.165) is 5.56 Å². The third-order valence-electron chi connectivity index (χ3n) is 2.79. The molecule has 5 heteroatoms. The Kier molecular flexibility index (Phi) is 4.24. The van der Waals surface area contributed by atoms with Crippen LogP contribution in [0.25, 0.3) is 0 Å². The first-order valence-electron chi connectivity index (χ1n) is 5.86. The van der Waals surface area contributed by atoms with E-state index in [1.54, 1.807) is 42.5 Å². The summed E-state index contributed by atoms with van der Waals surface area (Å²) in [4.78, 5) is 10.7. The first kappa shape index (κ1) is 13.9. The molecule has 4 nitrogen and oxygen atoms in total. The minimum Gasteiger partial charge on any atom is -0.478 e. The molecule has 0 radical (unpaired) electrons. The van der Waals surface area contributed by atoms with Crippen LogP contribution in [0.3, 0.4) is 0 Å². The second kappa shape index (κ2) is 6.09. The van der Waals surface area contributed by atoms with Crippen LogP contribution in [0.1, 0.15) is 21.5 Å². The number of nitrogens with one attached hydrogen (secondary N) is 1. The van der Waals surface area contributed by atoms with Crippen molar-refractivity contribution >= 4 is 23.3 Å². The van der Waals surface area contributed by atoms with Crippen LogP contribution < -0.4 is 5.32 Å². The average molecular weight is 287 g/mol. The molecular formula is C15H11ClN2O2. The summed E-state index contributed by atoms with van der Waals surface area (Å²) in [5, 5.41) is 21.5.